The summed E-state index contributed by atoms with van der Waals surface area (Å²) in [6.45, 7) is 5.70. The van der Waals surface area contributed by atoms with Crippen LogP contribution < -0.4 is 59.7 Å². The van der Waals surface area contributed by atoms with Crippen LogP contribution in [0.5, 0.6) is 5.75 Å². The van der Waals surface area contributed by atoms with E-state index >= 15 is 4.79 Å². The number of phenolic OH excluding ortho intramolecular Hbond substituents is 1. The van der Waals surface area contributed by atoms with Crippen LogP contribution in [0.2, 0.25) is 0 Å². The van der Waals surface area contributed by atoms with Crippen molar-refractivity contribution in [3.63, 3.8) is 0 Å². The number of fused-ring (bicyclic) bond motifs is 3. The second-order valence-corrected chi connectivity index (χ2v) is 21.0. The third-order valence-corrected chi connectivity index (χ3v) is 14.8. The number of nitrogens with two attached hydrogens (primary N) is 3. The highest BCUT2D eigenvalue weighted by atomic mass is 33.1. The van der Waals surface area contributed by atoms with Gasteiger partial charge in [0.15, 0.2) is 0 Å². The van der Waals surface area contributed by atoms with E-state index in [0.29, 0.717) is 12.0 Å². The predicted molar refractivity (Wildman–Crippen MR) is 267 cm³/mol. The average molecular weight is 1070 g/mol. The van der Waals surface area contributed by atoms with Crippen molar-refractivity contribution in [2.45, 2.75) is 133 Å². The number of aliphatic hydroxyl groups excluding tert-OH is 2. The van der Waals surface area contributed by atoms with Gasteiger partial charge in [-0.3, -0.25) is 52.7 Å². The topological polar surface area (TPSA) is 426 Å². The summed E-state index contributed by atoms with van der Waals surface area (Å²) in [5.41, 5.74) is 16.7. The van der Waals surface area contributed by atoms with Gasteiger partial charge in [0, 0.05) is 31.7 Å². The molecule has 1 aromatic carbocycles. The number of hydrogen-bond acceptors (Lipinski definition) is 17. The molecule has 28 heteroatoms. The first-order valence-electron chi connectivity index (χ1n) is 23.7. The molecule has 2 aliphatic rings. The van der Waals surface area contributed by atoms with Gasteiger partial charge in [0.1, 0.15) is 48.0 Å². The molecule has 0 radical (unpaired) electrons. The number of aliphatic hydroxyl groups is 2. The summed E-state index contributed by atoms with van der Waals surface area (Å²) in [6, 6.07) is -6.03. The van der Waals surface area contributed by atoms with E-state index in [1.807, 2.05) is 0 Å². The number of rotatable bonds is 21. The van der Waals surface area contributed by atoms with Gasteiger partial charge in [-0.1, -0.05) is 67.8 Å². The van der Waals surface area contributed by atoms with Crippen molar-refractivity contribution in [2.24, 2.45) is 29.0 Å². The van der Waals surface area contributed by atoms with Gasteiger partial charge in [0.2, 0.25) is 65.0 Å². The quantitative estimate of drug-likeness (QED) is 0.0513. The molecule has 0 saturated carbocycles. The molecule has 11 amide bonds. The number of primary amides is 3. The van der Waals surface area contributed by atoms with Crippen LogP contribution in [0.1, 0.15) is 72.3 Å². The average Bonchev–Trinajstić information content (AvgIpc) is 3.59. The Morgan fingerprint density at radius 1 is 0.795 bits per heavy atom. The molecule has 2 bridgehead atoms. The van der Waals surface area contributed by atoms with E-state index in [9.17, 15) is 63.3 Å². The maximum atomic E-state index is 15.1. The van der Waals surface area contributed by atoms with Crippen LogP contribution in [0.25, 0.3) is 0 Å². The van der Waals surface area contributed by atoms with E-state index in [1.54, 1.807) is 27.7 Å². The molecule has 2 aliphatic heterocycles. The van der Waals surface area contributed by atoms with Gasteiger partial charge in [-0.05, 0) is 49.3 Å². The molecule has 406 valence electrons. The van der Waals surface area contributed by atoms with E-state index in [-0.39, 0.29) is 36.8 Å². The molecule has 2 fully saturated rings. The molecular weight excluding hydrogens is 997 g/mol. The lowest BCUT2D eigenvalue weighted by Gasteiger charge is -2.36. The summed E-state index contributed by atoms with van der Waals surface area (Å²) >= 11 is 0. The molecule has 1 unspecified atom stereocenters. The largest absolute Gasteiger partial charge is 0.508 e. The zero-order chi connectivity index (χ0) is 54.7. The van der Waals surface area contributed by atoms with Gasteiger partial charge in [-0.15, -0.1) is 0 Å². The first kappa shape index (κ1) is 61.1. The molecule has 26 nitrogen and oxygen atoms in total. The van der Waals surface area contributed by atoms with Gasteiger partial charge >= 0.3 is 0 Å². The lowest BCUT2D eigenvalue weighted by molar-refractivity contribution is -0.145. The lowest BCUT2D eigenvalue weighted by Crippen LogP contribution is -2.64. The zero-order valence-electron chi connectivity index (χ0n) is 41.3. The Hall–Kier alpha value is -6.23. The number of aromatic hydroxyl groups is 1. The molecule has 73 heavy (non-hydrogen) atoms. The summed E-state index contributed by atoms with van der Waals surface area (Å²) in [7, 11) is 2.09. The molecule has 0 aromatic heterocycles. The molecule has 3 rings (SSSR count). The monoisotopic (exact) mass is 1070 g/mol. The van der Waals surface area contributed by atoms with Crippen LogP contribution in [0, 0.1) is 11.8 Å². The Labute approximate surface area is 430 Å². The predicted octanol–water partition coefficient (Wildman–Crippen LogP) is -5.02. The van der Waals surface area contributed by atoms with Crippen LogP contribution >= 0.6 is 21.6 Å². The maximum Gasteiger partial charge on any atom is 0.247 e. The summed E-state index contributed by atoms with van der Waals surface area (Å²) < 4.78 is 0. The van der Waals surface area contributed by atoms with E-state index < -0.39 is 170 Å². The third-order valence-electron chi connectivity index (χ3n) is 11.9. The van der Waals surface area contributed by atoms with Crippen molar-refractivity contribution in [1.29, 1.82) is 0 Å². The molecule has 0 spiro atoms. The normalized spacial score (nSPS) is 23.9. The highest BCUT2D eigenvalue weighted by molar-refractivity contribution is 8.77. The van der Waals surface area contributed by atoms with Crippen molar-refractivity contribution < 1.29 is 68.1 Å². The standard InChI is InChI=1S/C45H70N12O14S2/c1-6-22(4)36-44(70)51-27(11-12-33(46)61)40(66)54-30(15-34(47)62)42(68)56-37(32-16-49-31(20-72-73-32)43(69)53-29(41(67)55-36)14-24-7-9-25(59)10-8-24)45(71)57(18-26(60)19-58)23(5)38(64)52-28(13-21(2)3)39(65)50-17-35(48)63/h7-10,21-23,26-32,36-37,49,58-60H,6,11-20H2,1-5H3,(H2,46,61)(H2,47,62)(H2,48,63)(H,50,65)(H,51,70)(H,52,64)(H,53,69)(H,54,66)(H,55,67)(H,56,68)/t22-,23+,26-,27-,28-,29-,30-,31-,32?,36-,37-/m0/s1. The Balaban J connectivity index is 2.22. The van der Waals surface area contributed by atoms with Gasteiger partial charge in [-0.2, -0.15) is 0 Å². The number of nitrogens with zero attached hydrogens (tertiary/aromatic N) is 1. The van der Waals surface area contributed by atoms with E-state index in [0.717, 1.165) is 26.5 Å². The highest BCUT2D eigenvalue weighted by Gasteiger charge is 2.43. The van der Waals surface area contributed by atoms with Crippen LogP contribution in [-0.4, -0.2) is 177 Å². The van der Waals surface area contributed by atoms with Crippen molar-refractivity contribution in [3.05, 3.63) is 29.8 Å². The molecule has 0 aliphatic carbocycles. The fourth-order valence-corrected chi connectivity index (χ4v) is 10.4. The summed E-state index contributed by atoms with van der Waals surface area (Å²) in [4.78, 5) is 150. The number of benzene rings is 1. The fraction of sp³-hybridized carbons (Fsp3) is 0.622. The second kappa shape index (κ2) is 29.5. The SMILES string of the molecule is CC[C@H](C)[C@@H]1NC(=O)[C@H](Cc2ccc(O)cc2)NC(=O)[C@@H]2CSSC(CN2)[C@@H](C(=O)N(C[C@H](O)CO)[C@H](C)C(=O)N[C@@H](CC(C)C)C(=O)NCC(N)=O)NC(=O)[C@H](CC(N)=O)NC(=O)[C@H](CCC(N)=O)NC1=O. The molecule has 2 saturated heterocycles. The van der Waals surface area contributed by atoms with Crippen LogP contribution in [-0.2, 0) is 59.2 Å². The Morgan fingerprint density at radius 3 is 2.00 bits per heavy atom. The number of phenols is 1. The minimum Gasteiger partial charge on any atom is -0.508 e. The lowest BCUT2D eigenvalue weighted by atomic mass is 9.96. The van der Waals surface area contributed by atoms with Crippen LogP contribution in [0.3, 0.4) is 0 Å². The number of carbonyl (C=O) groups is 11. The number of hydrogen-bond donors (Lipinski definition) is 14. The Kier molecular flexibility index (Phi) is 24.6. The molecule has 2 heterocycles. The number of carbonyl (C=O) groups excluding carboxylic acids is 11. The Bertz CT molecular complexity index is 2160. The van der Waals surface area contributed by atoms with Crippen molar-refractivity contribution in [1.82, 2.24) is 47.4 Å². The van der Waals surface area contributed by atoms with Crippen LogP contribution in [0.4, 0.5) is 0 Å². The van der Waals surface area contributed by atoms with Gasteiger partial charge in [0.05, 0.1) is 37.0 Å². The highest BCUT2D eigenvalue weighted by Crippen LogP contribution is 2.33. The first-order chi connectivity index (χ1) is 34.3. The second-order valence-electron chi connectivity index (χ2n) is 18.3. The minimum atomic E-state index is -1.87. The van der Waals surface area contributed by atoms with Gasteiger partial charge < -0.3 is 80.0 Å². The molecular formula is C45H70N12O14S2. The Morgan fingerprint density at radius 2 is 1.41 bits per heavy atom. The summed E-state index contributed by atoms with van der Waals surface area (Å²) in [5, 5.41) is 50.4. The van der Waals surface area contributed by atoms with Crippen molar-refractivity contribution in [3.8, 4) is 5.75 Å². The molecule has 11 atom stereocenters. The first-order valence-corrected chi connectivity index (χ1v) is 26.1. The van der Waals surface area contributed by atoms with Crippen molar-refractivity contribution >= 4 is 86.6 Å². The third kappa shape index (κ3) is 19.6. The molecule has 17 N–H and O–H groups in total. The number of amides is 11. The maximum absolute atomic E-state index is 15.1. The van der Waals surface area contributed by atoms with E-state index in [2.05, 4.69) is 42.5 Å². The fourth-order valence-electron chi connectivity index (χ4n) is 7.60. The van der Waals surface area contributed by atoms with Crippen molar-refractivity contribution in [2.75, 3.05) is 32.0 Å². The summed E-state index contributed by atoms with van der Waals surface area (Å²) in [6.07, 6.45) is -3.20. The minimum absolute atomic E-state index is 0.00115. The zero-order valence-corrected chi connectivity index (χ0v) is 43.0. The number of nitrogens with one attached hydrogen (secondary N) is 8. The summed E-state index contributed by atoms with van der Waals surface area (Å²) in [5.74, 6) is -11.2. The smallest absolute Gasteiger partial charge is 0.247 e. The van der Waals surface area contributed by atoms with E-state index in [4.69, 9.17) is 17.2 Å². The van der Waals surface area contributed by atoms with Gasteiger partial charge in [-0.25, -0.2) is 0 Å². The van der Waals surface area contributed by atoms with Gasteiger partial charge in [0.25, 0.3) is 0 Å². The van der Waals surface area contributed by atoms with Crippen LogP contribution in [0.15, 0.2) is 24.3 Å². The molecule has 1 aromatic rings. The van der Waals surface area contributed by atoms with E-state index in [1.165, 1.54) is 31.2 Å².